The fraction of sp³-hybridized carbons (Fsp3) is 0.0909. The number of carboxylic acid groups (broad SMARTS) is 1. The summed E-state index contributed by atoms with van der Waals surface area (Å²) in [6.45, 7) is -0.412. The quantitative estimate of drug-likeness (QED) is 0.763. The van der Waals surface area contributed by atoms with Crippen molar-refractivity contribution in [1.82, 2.24) is 4.98 Å². The monoisotopic (exact) mass is 218 g/mol. The molecule has 0 unspecified atom stereocenters. The first-order chi connectivity index (χ1) is 7.77. The number of rotatable bonds is 4. The summed E-state index contributed by atoms with van der Waals surface area (Å²) in [4.78, 5) is 19.1. The summed E-state index contributed by atoms with van der Waals surface area (Å²) in [6, 6.07) is 9.50. The summed E-state index contributed by atoms with van der Waals surface area (Å²) in [5, 5.41) is 10.3. The Morgan fingerprint density at radius 3 is 3.00 bits per heavy atom. The van der Waals surface area contributed by atoms with Gasteiger partial charge in [0.25, 0.3) is 0 Å². The minimum Gasteiger partial charge on any atom is -0.479 e. The van der Waals surface area contributed by atoms with Crippen LogP contribution in [-0.2, 0) is 9.63 Å². The Kier molecular flexibility index (Phi) is 2.98. The third kappa shape index (κ3) is 2.26. The van der Waals surface area contributed by atoms with Gasteiger partial charge in [-0.1, -0.05) is 24.3 Å². The summed E-state index contributed by atoms with van der Waals surface area (Å²) >= 11 is 0. The smallest absolute Gasteiger partial charge is 0.332 e. The number of nitrogens with zero attached hydrogens (tertiary/aromatic N) is 1. The van der Waals surface area contributed by atoms with Gasteiger partial charge in [0.2, 0.25) is 0 Å². The van der Waals surface area contributed by atoms with E-state index in [1.807, 2.05) is 30.3 Å². The fourth-order valence-electron chi connectivity index (χ4n) is 1.37. The summed E-state index contributed by atoms with van der Waals surface area (Å²) < 4.78 is 0. The van der Waals surface area contributed by atoms with Gasteiger partial charge in [0, 0.05) is 11.6 Å². The van der Waals surface area contributed by atoms with Gasteiger partial charge in [0.15, 0.2) is 12.4 Å². The number of aliphatic carboxylic acids is 1. The number of aromatic nitrogens is 1. The van der Waals surface area contributed by atoms with Crippen LogP contribution in [0.2, 0.25) is 0 Å². The lowest BCUT2D eigenvalue weighted by molar-refractivity contribution is -0.141. The largest absolute Gasteiger partial charge is 0.479 e. The molecule has 0 atom stereocenters. The van der Waals surface area contributed by atoms with E-state index >= 15 is 0 Å². The molecule has 1 aromatic heterocycles. The molecule has 2 rings (SSSR count). The zero-order valence-electron chi connectivity index (χ0n) is 8.38. The molecule has 0 saturated carbocycles. The highest BCUT2D eigenvalue weighted by Gasteiger charge is 2.02. The number of pyridine rings is 1. The summed E-state index contributed by atoms with van der Waals surface area (Å²) in [7, 11) is 0. The summed E-state index contributed by atoms with van der Waals surface area (Å²) in [5.41, 5.74) is 2.53. The summed E-state index contributed by atoms with van der Waals surface area (Å²) in [5.74, 6) is -0.521. The van der Waals surface area contributed by atoms with Crippen LogP contribution >= 0.6 is 0 Å². The van der Waals surface area contributed by atoms with Gasteiger partial charge in [-0.15, -0.1) is 0 Å². The van der Waals surface area contributed by atoms with Gasteiger partial charge in [0.1, 0.15) is 0 Å². The molecule has 2 N–H and O–H groups in total. The molecule has 0 saturated heterocycles. The van der Waals surface area contributed by atoms with Crippen LogP contribution in [0.25, 0.3) is 10.8 Å². The lowest BCUT2D eigenvalue weighted by atomic mass is 10.2. The Hall–Kier alpha value is -2.14. The van der Waals surface area contributed by atoms with Crippen molar-refractivity contribution in [2.24, 2.45) is 0 Å². The van der Waals surface area contributed by atoms with E-state index in [4.69, 9.17) is 9.94 Å². The molecule has 1 heterocycles. The third-order valence-electron chi connectivity index (χ3n) is 2.04. The van der Waals surface area contributed by atoms with Crippen molar-refractivity contribution in [2.75, 3.05) is 12.1 Å². The highest BCUT2D eigenvalue weighted by molar-refractivity contribution is 5.91. The highest BCUT2D eigenvalue weighted by Crippen LogP contribution is 2.19. The number of hydrogen-bond donors (Lipinski definition) is 2. The first-order valence-electron chi connectivity index (χ1n) is 4.71. The van der Waals surface area contributed by atoms with E-state index in [-0.39, 0.29) is 0 Å². The number of nitrogens with one attached hydrogen (secondary N) is 1. The molecule has 0 aliphatic carbocycles. The van der Waals surface area contributed by atoms with E-state index < -0.39 is 12.6 Å². The van der Waals surface area contributed by atoms with Crippen LogP contribution in [0, 0.1) is 0 Å². The number of hydrogen-bond acceptors (Lipinski definition) is 4. The number of carbonyl (C=O) groups is 1. The summed E-state index contributed by atoms with van der Waals surface area (Å²) in [6.07, 6.45) is 1.63. The Morgan fingerprint density at radius 2 is 2.19 bits per heavy atom. The Bertz CT molecular complexity index is 508. The fourth-order valence-corrected chi connectivity index (χ4v) is 1.37. The average molecular weight is 218 g/mol. The molecule has 0 aliphatic rings. The molecule has 0 radical (unpaired) electrons. The molecule has 2 aromatic rings. The van der Waals surface area contributed by atoms with Crippen LogP contribution in [0.1, 0.15) is 0 Å². The van der Waals surface area contributed by atoms with Crippen LogP contribution in [0.4, 0.5) is 5.82 Å². The van der Waals surface area contributed by atoms with Crippen molar-refractivity contribution in [3.8, 4) is 0 Å². The predicted molar refractivity (Wildman–Crippen MR) is 59.0 cm³/mol. The molecule has 16 heavy (non-hydrogen) atoms. The van der Waals surface area contributed by atoms with E-state index in [0.29, 0.717) is 5.82 Å². The normalized spacial score (nSPS) is 10.2. The lowest BCUT2D eigenvalue weighted by Crippen LogP contribution is -2.12. The molecule has 1 aromatic carbocycles. The van der Waals surface area contributed by atoms with Gasteiger partial charge in [-0.25, -0.2) is 15.3 Å². The SMILES string of the molecule is O=C(O)CONc1nccc2ccccc12. The number of benzene rings is 1. The first kappa shape index (κ1) is 10.4. The molecule has 5 heteroatoms. The van der Waals surface area contributed by atoms with Crippen molar-refractivity contribution in [3.05, 3.63) is 36.5 Å². The maximum Gasteiger partial charge on any atom is 0.332 e. The number of anilines is 1. The van der Waals surface area contributed by atoms with Crippen LogP contribution in [-0.4, -0.2) is 22.7 Å². The first-order valence-corrected chi connectivity index (χ1v) is 4.71. The van der Waals surface area contributed by atoms with Gasteiger partial charge in [-0.3, -0.25) is 4.84 Å². The maximum absolute atomic E-state index is 10.3. The number of fused-ring (bicyclic) bond motifs is 1. The zero-order valence-corrected chi connectivity index (χ0v) is 8.38. The van der Waals surface area contributed by atoms with Gasteiger partial charge in [-0.2, -0.15) is 0 Å². The molecule has 0 fully saturated rings. The van der Waals surface area contributed by atoms with Gasteiger partial charge < -0.3 is 5.11 Å². The minimum atomic E-state index is -1.03. The van der Waals surface area contributed by atoms with E-state index in [1.165, 1.54) is 0 Å². The van der Waals surface area contributed by atoms with Crippen LogP contribution < -0.4 is 5.48 Å². The molecule has 82 valence electrons. The molecular formula is C11H10N2O3. The standard InChI is InChI=1S/C11H10N2O3/c14-10(15)7-16-13-11-9-4-2-1-3-8(9)5-6-12-11/h1-6H,7H2,(H,12,13)(H,14,15). The maximum atomic E-state index is 10.3. The third-order valence-corrected chi connectivity index (χ3v) is 2.04. The van der Waals surface area contributed by atoms with E-state index in [0.717, 1.165) is 10.8 Å². The average Bonchev–Trinajstić information content (AvgIpc) is 2.29. The minimum absolute atomic E-state index is 0.412. The second-order valence-corrected chi connectivity index (χ2v) is 3.17. The van der Waals surface area contributed by atoms with Crippen molar-refractivity contribution < 1.29 is 14.7 Å². The topological polar surface area (TPSA) is 71.5 Å². The van der Waals surface area contributed by atoms with Gasteiger partial charge in [0.05, 0.1) is 0 Å². The Labute approximate surface area is 91.6 Å². The highest BCUT2D eigenvalue weighted by atomic mass is 16.7. The van der Waals surface area contributed by atoms with Gasteiger partial charge in [-0.05, 0) is 11.5 Å². The van der Waals surface area contributed by atoms with Crippen molar-refractivity contribution in [2.45, 2.75) is 0 Å². The zero-order chi connectivity index (χ0) is 11.4. The van der Waals surface area contributed by atoms with E-state index in [2.05, 4.69) is 10.5 Å². The van der Waals surface area contributed by atoms with Crippen LogP contribution in [0.3, 0.4) is 0 Å². The van der Waals surface area contributed by atoms with Crippen molar-refractivity contribution in [3.63, 3.8) is 0 Å². The molecule has 0 spiro atoms. The molecule has 5 nitrogen and oxygen atoms in total. The Balaban J connectivity index is 2.20. The second-order valence-electron chi connectivity index (χ2n) is 3.17. The Morgan fingerprint density at radius 1 is 1.38 bits per heavy atom. The van der Waals surface area contributed by atoms with E-state index in [9.17, 15) is 4.79 Å². The predicted octanol–water partition coefficient (Wildman–Crippen LogP) is 1.66. The van der Waals surface area contributed by atoms with Crippen molar-refractivity contribution in [1.29, 1.82) is 0 Å². The number of carboxylic acids is 1. The van der Waals surface area contributed by atoms with Gasteiger partial charge >= 0.3 is 5.97 Å². The lowest BCUT2D eigenvalue weighted by Gasteiger charge is -2.06. The molecule has 0 amide bonds. The van der Waals surface area contributed by atoms with Crippen LogP contribution in [0.15, 0.2) is 36.5 Å². The molecular weight excluding hydrogens is 208 g/mol. The molecule has 0 bridgehead atoms. The second kappa shape index (κ2) is 4.59. The molecule has 0 aliphatic heterocycles. The van der Waals surface area contributed by atoms with E-state index in [1.54, 1.807) is 6.20 Å². The van der Waals surface area contributed by atoms with Crippen LogP contribution in [0.5, 0.6) is 0 Å². The van der Waals surface area contributed by atoms with Crippen molar-refractivity contribution >= 4 is 22.6 Å².